The first-order valence-electron chi connectivity index (χ1n) is 7.75. The van der Waals surface area contributed by atoms with E-state index in [9.17, 15) is 0 Å². The van der Waals surface area contributed by atoms with E-state index in [0.29, 0.717) is 5.65 Å². The summed E-state index contributed by atoms with van der Waals surface area (Å²) in [5.74, 6) is 0.759. The molecule has 0 atom stereocenters. The van der Waals surface area contributed by atoms with Crippen molar-refractivity contribution in [3.05, 3.63) is 41.4 Å². The van der Waals surface area contributed by atoms with Gasteiger partial charge in [0.15, 0.2) is 11.5 Å². The second kappa shape index (κ2) is 6.37. The van der Waals surface area contributed by atoms with Gasteiger partial charge in [-0.15, -0.1) is 0 Å². The van der Waals surface area contributed by atoms with Crippen molar-refractivity contribution < 1.29 is 4.74 Å². The van der Waals surface area contributed by atoms with Gasteiger partial charge >= 0.3 is 0 Å². The van der Waals surface area contributed by atoms with Gasteiger partial charge in [-0.25, -0.2) is 14.5 Å². The predicted molar refractivity (Wildman–Crippen MR) is 96.0 cm³/mol. The van der Waals surface area contributed by atoms with E-state index in [1.54, 1.807) is 10.7 Å². The number of fused-ring (bicyclic) bond motifs is 1. The van der Waals surface area contributed by atoms with Crippen molar-refractivity contribution in [3.63, 3.8) is 0 Å². The Hall–Kier alpha value is -2.19. The van der Waals surface area contributed by atoms with Crippen LogP contribution in [0.1, 0.15) is 0 Å². The summed E-state index contributed by atoms with van der Waals surface area (Å²) in [7, 11) is 1.98. The van der Waals surface area contributed by atoms with Crippen molar-refractivity contribution in [1.29, 1.82) is 0 Å². The molecule has 7 nitrogen and oxygen atoms in total. The highest BCUT2D eigenvalue weighted by atomic mass is 79.9. The monoisotopic (exact) mass is 388 g/mol. The quantitative estimate of drug-likeness (QED) is 0.686. The highest BCUT2D eigenvalue weighted by molar-refractivity contribution is 9.10. The Kier molecular flexibility index (Phi) is 4.07. The SMILES string of the molecule is CN(c1ccc(N2CCOCC2)cc1)c1ncc(Br)n2ncnc12. The van der Waals surface area contributed by atoms with Crippen LogP contribution in [-0.4, -0.2) is 52.9 Å². The predicted octanol–water partition coefficient (Wildman–Crippen LogP) is 2.49. The molecule has 24 heavy (non-hydrogen) atoms. The molecular formula is C16H17BrN6O. The third-order valence-corrected chi connectivity index (χ3v) is 4.72. The van der Waals surface area contributed by atoms with Gasteiger partial charge in [0.1, 0.15) is 10.9 Å². The van der Waals surface area contributed by atoms with Crippen LogP contribution >= 0.6 is 15.9 Å². The molecule has 1 aliphatic rings. The van der Waals surface area contributed by atoms with Crippen LogP contribution in [0.4, 0.5) is 17.2 Å². The van der Waals surface area contributed by atoms with Gasteiger partial charge in [-0.1, -0.05) is 0 Å². The minimum absolute atomic E-state index is 0.712. The van der Waals surface area contributed by atoms with Crippen molar-refractivity contribution in [2.24, 2.45) is 0 Å². The lowest BCUT2D eigenvalue weighted by molar-refractivity contribution is 0.122. The van der Waals surface area contributed by atoms with Crippen LogP contribution in [-0.2, 0) is 4.74 Å². The Balaban J connectivity index is 1.63. The molecule has 8 heteroatoms. The maximum Gasteiger partial charge on any atom is 0.199 e. The minimum atomic E-state index is 0.712. The Morgan fingerprint density at radius 1 is 1.12 bits per heavy atom. The molecule has 0 radical (unpaired) electrons. The van der Waals surface area contributed by atoms with Gasteiger partial charge in [0.2, 0.25) is 0 Å². The molecule has 4 rings (SSSR count). The number of halogens is 1. The lowest BCUT2D eigenvalue weighted by atomic mass is 10.2. The summed E-state index contributed by atoms with van der Waals surface area (Å²) in [4.78, 5) is 13.2. The van der Waals surface area contributed by atoms with Gasteiger partial charge in [-0.2, -0.15) is 5.10 Å². The van der Waals surface area contributed by atoms with Crippen molar-refractivity contribution in [2.45, 2.75) is 0 Å². The maximum atomic E-state index is 5.41. The number of hydrogen-bond donors (Lipinski definition) is 0. The van der Waals surface area contributed by atoms with E-state index in [-0.39, 0.29) is 0 Å². The average molecular weight is 389 g/mol. The molecular weight excluding hydrogens is 372 g/mol. The molecule has 1 aromatic carbocycles. The Morgan fingerprint density at radius 3 is 2.62 bits per heavy atom. The highest BCUT2D eigenvalue weighted by Gasteiger charge is 2.15. The van der Waals surface area contributed by atoms with Crippen LogP contribution in [0, 0.1) is 0 Å². The van der Waals surface area contributed by atoms with Crippen molar-refractivity contribution in [2.75, 3.05) is 43.2 Å². The van der Waals surface area contributed by atoms with Crippen LogP contribution in [0.25, 0.3) is 5.65 Å². The topological polar surface area (TPSA) is 58.8 Å². The number of hydrogen-bond acceptors (Lipinski definition) is 6. The first-order valence-corrected chi connectivity index (χ1v) is 8.54. The fourth-order valence-electron chi connectivity index (χ4n) is 2.84. The fourth-order valence-corrected chi connectivity index (χ4v) is 3.21. The normalized spacial score (nSPS) is 15.0. The molecule has 3 heterocycles. The fraction of sp³-hybridized carbons (Fsp3) is 0.312. The molecule has 2 aromatic heterocycles. The van der Waals surface area contributed by atoms with E-state index in [1.165, 1.54) is 12.0 Å². The highest BCUT2D eigenvalue weighted by Crippen LogP contribution is 2.28. The van der Waals surface area contributed by atoms with Crippen molar-refractivity contribution >= 4 is 38.8 Å². The third kappa shape index (κ3) is 2.71. The molecule has 0 bridgehead atoms. The second-order valence-electron chi connectivity index (χ2n) is 5.57. The van der Waals surface area contributed by atoms with Gasteiger partial charge in [0, 0.05) is 31.5 Å². The van der Waals surface area contributed by atoms with Gasteiger partial charge in [-0.05, 0) is 40.2 Å². The maximum absolute atomic E-state index is 5.41. The Bertz CT molecular complexity index is 843. The molecule has 0 unspecified atom stereocenters. The van der Waals surface area contributed by atoms with Gasteiger partial charge in [0.25, 0.3) is 0 Å². The van der Waals surface area contributed by atoms with Crippen molar-refractivity contribution in [3.8, 4) is 0 Å². The van der Waals surface area contributed by atoms with E-state index in [2.05, 4.69) is 60.2 Å². The van der Waals surface area contributed by atoms with E-state index < -0.39 is 0 Å². The third-order valence-electron chi connectivity index (χ3n) is 4.17. The summed E-state index contributed by atoms with van der Waals surface area (Å²) in [6.07, 6.45) is 3.26. The second-order valence-corrected chi connectivity index (χ2v) is 6.39. The van der Waals surface area contributed by atoms with Crippen LogP contribution in [0.3, 0.4) is 0 Å². The number of morpholine rings is 1. The number of benzene rings is 1. The Labute approximate surface area is 148 Å². The zero-order valence-electron chi connectivity index (χ0n) is 13.3. The summed E-state index contributed by atoms with van der Waals surface area (Å²) in [5.41, 5.74) is 2.97. The number of rotatable bonds is 3. The van der Waals surface area contributed by atoms with Gasteiger partial charge in [-0.3, -0.25) is 0 Å². The number of ether oxygens (including phenoxy) is 1. The van der Waals surface area contributed by atoms with Crippen molar-refractivity contribution in [1.82, 2.24) is 19.6 Å². The lowest BCUT2D eigenvalue weighted by Gasteiger charge is -2.29. The molecule has 0 saturated carbocycles. The number of aromatic nitrogens is 4. The molecule has 1 aliphatic heterocycles. The summed E-state index contributed by atoms with van der Waals surface area (Å²) >= 11 is 3.43. The first kappa shape index (κ1) is 15.3. The summed E-state index contributed by atoms with van der Waals surface area (Å²) in [6, 6.07) is 8.47. The molecule has 1 fully saturated rings. The van der Waals surface area contributed by atoms with Crippen LogP contribution in [0.5, 0.6) is 0 Å². The zero-order chi connectivity index (χ0) is 16.5. The zero-order valence-corrected chi connectivity index (χ0v) is 14.8. The van der Waals surface area contributed by atoms with Gasteiger partial charge < -0.3 is 14.5 Å². The van der Waals surface area contributed by atoms with E-state index in [0.717, 1.165) is 42.4 Å². The molecule has 1 saturated heterocycles. The molecule has 0 amide bonds. The van der Waals surface area contributed by atoms with Crippen LogP contribution in [0.15, 0.2) is 41.4 Å². The number of nitrogens with zero attached hydrogens (tertiary/aromatic N) is 6. The first-order chi connectivity index (χ1) is 11.7. The molecule has 0 aliphatic carbocycles. The van der Waals surface area contributed by atoms with Crippen LogP contribution < -0.4 is 9.80 Å². The van der Waals surface area contributed by atoms with E-state index >= 15 is 0 Å². The molecule has 3 aromatic rings. The molecule has 0 N–H and O–H groups in total. The summed E-state index contributed by atoms with van der Waals surface area (Å²) in [5, 5.41) is 4.20. The smallest absolute Gasteiger partial charge is 0.199 e. The summed E-state index contributed by atoms with van der Waals surface area (Å²) in [6.45, 7) is 3.44. The largest absolute Gasteiger partial charge is 0.378 e. The minimum Gasteiger partial charge on any atom is -0.378 e. The Morgan fingerprint density at radius 2 is 1.88 bits per heavy atom. The molecule has 0 spiro atoms. The standard InChI is InChI=1S/C16H17BrN6O/c1-21(15-16-19-11-20-23(16)14(17)10-18-15)12-2-4-13(5-3-12)22-6-8-24-9-7-22/h2-5,10-11H,6-9H2,1H3. The molecule has 124 valence electrons. The lowest BCUT2D eigenvalue weighted by Crippen LogP contribution is -2.36. The summed E-state index contributed by atoms with van der Waals surface area (Å²) < 4.78 is 7.90. The van der Waals surface area contributed by atoms with Crippen LogP contribution in [0.2, 0.25) is 0 Å². The number of anilines is 3. The average Bonchev–Trinajstić information content (AvgIpc) is 3.13. The van der Waals surface area contributed by atoms with E-state index in [1.807, 2.05) is 11.9 Å². The van der Waals surface area contributed by atoms with Gasteiger partial charge in [0.05, 0.1) is 19.4 Å². The van der Waals surface area contributed by atoms with E-state index in [4.69, 9.17) is 4.74 Å².